The summed E-state index contributed by atoms with van der Waals surface area (Å²) in [6.45, 7) is 9.70. The second-order valence-corrected chi connectivity index (χ2v) is 5.18. The second-order valence-electron chi connectivity index (χ2n) is 5.18. The number of hydrogen-bond donors (Lipinski definition) is 1. The second kappa shape index (κ2) is 8.05. The summed E-state index contributed by atoms with van der Waals surface area (Å²) in [4.78, 5) is 0. The Morgan fingerprint density at radius 3 is 2.47 bits per heavy atom. The van der Waals surface area contributed by atoms with Gasteiger partial charge >= 0.3 is 0 Å². The van der Waals surface area contributed by atoms with Crippen LogP contribution < -0.4 is 15.2 Å². The van der Waals surface area contributed by atoms with Gasteiger partial charge in [0, 0.05) is 6.04 Å². The van der Waals surface area contributed by atoms with Crippen molar-refractivity contribution in [3.8, 4) is 11.5 Å². The molecule has 0 amide bonds. The number of nitrogens with two attached hydrogens (primary N) is 1. The van der Waals surface area contributed by atoms with E-state index in [2.05, 4.69) is 19.9 Å². The number of benzene rings is 1. The van der Waals surface area contributed by atoms with Crippen LogP contribution in [-0.2, 0) is 6.42 Å². The SMILES string of the molecule is CCOc1cccc(CC(C)N)c1OCC(C)CC. The highest BCUT2D eigenvalue weighted by Crippen LogP contribution is 2.32. The van der Waals surface area contributed by atoms with E-state index in [1.807, 2.05) is 26.0 Å². The van der Waals surface area contributed by atoms with Gasteiger partial charge in [-0.05, 0) is 37.8 Å². The maximum atomic E-state index is 5.99. The molecule has 0 heterocycles. The van der Waals surface area contributed by atoms with Crippen LogP contribution in [0.4, 0.5) is 0 Å². The largest absolute Gasteiger partial charge is 0.490 e. The van der Waals surface area contributed by atoms with Crippen LogP contribution in [0.15, 0.2) is 18.2 Å². The normalized spacial score (nSPS) is 13.9. The summed E-state index contributed by atoms with van der Waals surface area (Å²) in [5, 5.41) is 0. The lowest BCUT2D eigenvalue weighted by molar-refractivity contribution is 0.235. The van der Waals surface area contributed by atoms with Gasteiger partial charge in [-0.2, -0.15) is 0 Å². The minimum Gasteiger partial charge on any atom is -0.490 e. The van der Waals surface area contributed by atoms with E-state index in [1.165, 1.54) is 0 Å². The van der Waals surface area contributed by atoms with Gasteiger partial charge in [0.2, 0.25) is 0 Å². The van der Waals surface area contributed by atoms with Gasteiger partial charge in [0.15, 0.2) is 11.5 Å². The molecule has 108 valence electrons. The number of para-hydroxylation sites is 1. The van der Waals surface area contributed by atoms with Crippen LogP contribution in [0.25, 0.3) is 0 Å². The lowest BCUT2D eigenvalue weighted by atomic mass is 10.1. The van der Waals surface area contributed by atoms with Crippen LogP contribution in [0.2, 0.25) is 0 Å². The van der Waals surface area contributed by atoms with E-state index < -0.39 is 0 Å². The van der Waals surface area contributed by atoms with E-state index in [4.69, 9.17) is 15.2 Å². The van der Waals surface area contributed by atoms with Crippen LogP contribution in [0.3, 0.4) is 0 Å². The van der Waals surface area contributed by atoms with Gasteiger partial charge in [-0.15, -0.1) is 0 Å². The highest BCUT2D eigenvalue weighted by Gasteiger charge is 2.13. The van der Waals surface area contributed by atoms with Crippen molar-refractivity contribution in [1.29, 1.82) is 0 Å². The Labute approximate surface area is 117 Å². The van der Waals surface area contributed by atoms with Crippen molar-refractivity contribution in [2.24, 2.45) is 11.7 Å². The van der Waals surface area contributed by atoms with Gasteiger partial charge in [-0.1, -0.05) is 32.4 Å². The van der Waals surface area contributed by atoms with Gasteiger partial charge in [0.05, 0.1) is 13.2 Å². The average Bonchev–Trinajstić information content (AvgIpc) is 2.37. The highest BCUT2D eigenvalue weighted by atomic mass is 16.5. The molecule has 0 saturated heterocycles. The van der Waals surface area contributed by atoms with Crippen LogP contribution in [0, 0.1) is 5.92 Å². The fourth-order valence-electron chi connectivity index (χ4n) is 1.85. The molecule has 0 aliphatic rings. The molecular weight excluding hydrogens is 238 g/mol. The summed E-state index contributed by atoms with van der Waals surface area (Å²) in [6, 6.07) is 6.14. The number of ether oxygens (including phenoxy) is 2. The molecule has 0 aromatic heterocycles. The van der Waals surface area contributed by atoms with Crippen molar-refractivity contribution in [3.05, 3.63) is 23.8 Å². The average molecular weight is 265 g/mol. The Morgan fingerprint density at radius 1 is 1.16 bits per heavy atom. The van der Waals surface area contributed by atoms with E-state index in [0.29, 0.717) is 19.1 Å². The Hall–Kier alpha value is -1.22. The Balaban J connectivity index is 2.92. The van der Waals surface area contributed by atoms with E-state index in [1.54, 1.807) is 0 Å². The van der Waals surface area contributed by atoms with Crippen LogP contribution in [0.5, 0.6) is 11.5 Å². The lowest BCUT2D eigenvalue weighted by Gasteiger charge is -2.18. The van der Waals surface area contributed by atoms with Crippen molar-refractivity contribution in [3.63, 3.8) is 0 Å². The predicted molar refractivity (Wildman–Crippen MR) is 79.9 cm³/mol. The first-order valence-corrected chi connectivity index (χ1v) is 7.21. The van der Waals surface area contributed by atoms with Gasteiger partial charge in [-0.3, -0.25) is 0 Å². The smallest absolute Gasteiger partial charge is 0.164 e. The molecule has 0 saturated carbocycles. The van der Waals surface area contributed by atoms with Crippen LogP contribution >= 0.6 is 0 Å². The van der Waals surface area contributed by atoms with E-state index in [0.717, 1.165) is 29.9 Å². The summed E-state index contributed by atoms with van der Waals surface area (Å²) in [7, 11) is 0. The predicted octanol–water partition coefficient (Wildman–Crippen LogP) is 3.40. The first-order chi connectivity index (χ1) is 9.08. The molecule has 2 atom stereocenters. The Morgan fingerprint density at radius 2 is 1.89 bits per heavy atom. The van der Waals surface area contributed by atoms with E-state index >= 15 is 0 Å². The molecular formula is C16H27NO2. The third-order valence-corrected chi connectivity index (χ3v) is 3.11. The molecule has 2 unspecified atom stereocenters. The summed E-state index contributed by atoms with van der Waals surface area (Å²) < 4.78 is 11.7. The van der Waals surface area contributed by atoms with Crippen molar-refractivity contribution in [1.82, 2.24) is 0 Å². The third-order valence-electron chi connectivity index (χ3n) is 3.11. The fraction of sp³-hybridized carbons (Fsp3) is 0.625. The van der Waals surface area contributed by atoms with Crippen molar-refractivity contribution in [2.75, 3.05) is 13.2 Å². The molecule has 1 rings (SSSR count). The first kappa shape index (κ1) is 15.8. The topological polar surface area (TPSA) is 44.5 Å². The molecule has 1 aromatic carbocycles. The monoisotopic (exact) mass is 265 g/mol. The summed E-state index contributed by atoms with van der Waals surface area (Å²) in [5.41, 5.74) is 7.03. The molecule has 1 aromatic rings. The zero-order valence-electron chi connectivity index (χ0n) is 12.6. The summed E-state index contributed by atoms with van der Waals surface area (Å²) in [6.07, 6.45) is 1.91. The lowest BCUT2D eigenvalue weighted by Crippen LogP contribution is -2.19. The maximum Gasteiger partial charge on any atom is 0.164 e. The molecule has 0 spiro atoms. The quantitative estimate of drug-likeness (QED) is 0.783. The van der Waals surface area contributed by atoms with Crippen LogP contribution in [0.1, 0.15) is 39.7 Å². The van der Waals surface area contributed by atoms with E-state index in [9.17, 15) is 0 Å². The maximum absolute atomic E-state index is 5.99. The standard InChI is InChI=1S/C16H27NO2/c1-5-12(3)11-19-16-14(10-13(4)17)8-7-9-15(16)18-6-2/h7-9,12-13H,5-6,10-11,17H2,1-4H3. The molecule has 3 heteroatoms. The van der Waals surface area contributed by atoms with Crippen molar-refractivity contribution < 1.29 is 9.47 Å². The molecule has 0 fully saturated rings. The molecule has 0 radical (unpaired) electrons. The Bertz CT molecular complexity index is 377. The van der Waals surface area contributed by atoms with Gasteiger partial charge in [0.1, 0.15) is 0 Å². The molecule has 0 aliphatic carbocycles. The summed E-state index contributed by atoms with van der Waals surface area (Å²) in [5.74, 6) is 2.23. The van der Waals surface area contributed by atoms with E-state index in [-0.39, 0.29) is 6.04 Å². The number of hydrogen-bond acceptors (Lipinski definition) is 3. The molecule has 0 bridgehead atoms. The van der Waals surface area contributed by atoms with Gasteiger partial charge in [0.25, 0.3) is 0 Å². The zero-order chi connectivity index (χ0) is 14.3. The highest BCUT2D eigenvalue weighted by molar-refractivity contribution is 5.47. The number of rotatable bonds is 8. The molecule has 19 heavy (non-hydrogen) atoms. The molecule has 3 nitrogen and oxygen atoms in total. The van der Waals surface area contributed by atoms with Crippen molar-refractivity contribution in [2.45, 2.75) is 46.6 Å². The van der Waals surface area contributed by atoms with Crippen LogP contribution in [-0.4, -0.2) is 19.3 Å². The first-order valence-electron chi connectivity index (χ1n) is 7.21. The minimum atomic E-state index is 0.114. The third kappa shape index (κ3) is 5.11. The fourth-order valence-corrected chi connectivity index (χ4v) is 1.85. The summed E-state index contributed by atoms with van der Waals surface area (Å²) >= 11 is 0. The minimum absolute atomic E-state index is 0.114. The molecule has 0 aliphatic heterocycles. The Kier molecular flexibility index (Phi) is 6.71. The molecule has 2 N–H and O–H groups in total. The zero-order valence-corrected chi connectivity index (χ0v) is 12.6. The van der Waals surface area contributed by atoms with Gasteiger partial charge in [-0.25, -0.2) is 0 Å². The van der Waals surface area contributed by atoms with Crippen molar-refractivity contribution >= 4 is 0 Å². The van der Waals surface area contributed by atoms with Gasteiger partial charge < -0.3 is 15.2 Å².